The minimum absolute atomic E-state index is 0.00780. The summed E-state index contributed by atoms with van der Waals surface area (Å²) >= 11 is 0. The van der Waals surface area contributed by atoms with Crippen LogP contribution in [0.25, 0.3) is 0 Å². The highest BCUT2D eigenvalue weighted by Gasteiger charge is 2.64. The van der Waals surface area contributed by atoms with E-state index in [9.17, 15) is 19.6 Å². The Hall–Kier alpha value is -2.84. The quantitative estimate of drug-likeness (QED) is 0.0950. The van der Waals surface area contributed by atoms with Crippen LogP contribution in [-0.2, 0) is 47.5 Å². The first kappa shape index (κ1) is 39.4. The minimum Gasteiger partial charge on any atom is -0.461 e. The van der Waals surface area contributed by atoms with Crippen molar-refractivity contribution in [3.63, 3.8) is 0 Å². The second-order valence-corrected chi connectivity index (χ2v) is 19.0. The first-order valence-electron chi connectivity index (χ1n) is 20.2. The highest BCUT2D eigenvalue weighted by molar-refractivity contribution is 7.48. The molecule has 0 spiro atoms. The number of phosphoric acid groups is 1. The molecule has 0 radical (unpaired) electrons. The molecule has 4 fully saturated rings. The summed E-state index contributed by atoms with van der Waals surface area (Å²) in [4.78, 5) is 12.7. The molecule has 4 aliphatic rings. The van der Waals surface area contributed by atoms with E-state index in [0.29, 0.717) is 56.0 Å². The van der Waals surface area contributed by atoms with Gasteiger partial charge in [-0.05, 0) is 108 Å². The third kappa shape index (κ3) is 8.45. The molecule has 4 aliphatic carbocycles. The number of rotatable bonds is 14. The molecule has 0 bridgehead atoms. The molecule has 0 amide bonds. The van der Waals surface area contributed by atoms with Crippen LogP contribution in [0.4, 0.5) is 0 Å². The van der Waals surface area contributed by atoms with E-state index in [1.54, 1.807) is 0 Å². The number of aliphatic hydroxyl groups excluding tert-OH is 1. The zero-order valence-corrected chi connectivity index (χ0v) is 33.1. The van der Waals surface area contributed by atoms with Crippen molar-refractivity contribution >= 4 is 13.8 Å². The Morgan fingerprint density at radius 2 is 1.33 bits per heavy atom. The van der Waals surface area contributed by atoms with Gasteiger partial charge in [-0.2, -0.15) is 0 Å². The summed E-state index contributed by atoms with van der Waals surface area (Å²) in [5.41, 5.74) is 2.66. The van der Waals surface area contributed by atoms with E-state index in [1.807, 2.05) is 91.0 Å². The van der Waals surface area contributed by atoms with Crippen molar-refractivity contribution in [1.82, 2.24) is 0 Å². The molecule has 3 aromatic rings. The van der Waals surface area contributed by atoms with Crippen molar-refractivity contribution < 1.29 is 37.9 Å². The van der Waals surface area contributed by atoms with Crippen LogP contribution < -0.4 is 0 Å². The predicted octanol–water partition coefficient (Wildman–Crippen LogP) is 10.0. The topological polar surface area (TPSA) is 112 Å². The molecular formula is C45H59O8P. The number of ether oxygens (including phenoxy) is 1. The normalized spacial score (nSPS) is 33.9. The smallest absolute Gasteiger partial charge is 0.461 e. The third-order valence-corrected chi connectivity index (χ3v) is 15.7. The lowest BCUT2D eigenvalue weighted by Crippen LogP contribution is -2.60. The van der Waals surface area contributed by atoms with Gasteiger partial charge in [0.05, 0.1) is 19.3 Å². The first-order valence-corrected chi connectivity index (χ1v) is 21.6. The molecule has 8 nitrogen and oxygen atoms in total. The van der Waals surface area contributed by atoms with Crippen molar-refractivity contribution in [2.45, 2.75) is 117 Å². The van der Waals surface area contributed by atoms with Crippen LogP contribution in [0.15, 0.2) is 91.0 Å². The highest BCUT2D eigenvalue weighted by atomic mass is 31.2. The van der Waals surface area contributed by atoms with Gasteiger partial charge >= 0.3 is 13.8 Å². The molecule has 0 saturated heterocycles. The Morgan fingerprint density at radius 1 is 0.778 bits per heavy atom. The molecule has 1 unspecified atom stereocenters. The van der Waals surface area contributed by atoms with Crippen LogP contribution in [-0.4, -0.2) is 28.1 Å². The van der Waals surface area contributed by atoms with Crippen molar-refractivity contribution in [3.8, 4) is 0 Å². The second-order valence-electron chi connectivity index (χ2n) is 17.4. The molecule has 54 heavy (non-hydrogen) atoms. The predicted molar refractivity (Wildman–Crippen MR) is 207 cm³/mol. The number of benzene rings is 3. The summed E-state index contributed by atoms with van der Waals surface area (Å²) in [7, 11) is -4.21. The van der Waals surface area contributed by atoms with E-state index >= 15 is 0 Å². The number of carbonyl (C=O) groups is 1. The highest BCUT2D eigenvalue weighted by Crippen LogP contribution is 2.70. The van der Waals surface area contributed by atoms with Gasteiger partial charge < -0.3 is 14.9 Å². The summed E-state index contributed by atoms with van der Waals surface area (Å²) in [6.45, 7) is 7.46. The van der Waals surface area contributed by atoms with Crippen LogP contribution in [0.2, 0.25) is 0 Å². The SMILES string of the molecule is C[C@H](CCC(=O)OCc1ccccc1)[C@H]1CC[C@H]2[C@@H]3[C@@H](O)CC4C[C@](O)(OP(=O)(OCc5ccccc5)OCc5ccccc5)CC[C@]4(C)[C@H]3CC[C@]12C. The average Bonchev–Trinajstić information content (AvgIpc) is 3.54. The fraction of sp³-hybridized carbons (Fsp3) is 0.578. The molecular weight excluding hydrogens is 699 g/mol. The number of hydrogen-bond acceptors (Lipinski definition) is 8. The number of fused-ring (bicyclic) bond motifs is 5. The molecule has 10 atom stereocenters. The Bertz CT molecular complexity index is 1690. The van der Waals surface area contributed by atoms with Gasteiger partial charge in [-0.1, -0.05) is 112 Å². The minimum atomic E-state index is -4.21. The van der Waals surface area contributed by atoms with E-state index in [4.69, 9.17) is 18.3 Å². The molecule has 4 saturated carbocycles. The molecule has 0 aromatic heterocycles. The third-order valence-electron chi connectivity index (χ3n) is 14.3. The van der Waals surface area contributed by atoms with Crippen LogP contribution in [0, 0.1) is 46.3 Å². The van der Waals surface area contributed by atoms with E-state index in [2.05, 4.69) is 20.8 Å². The summed E-state index contributed by atoms with van der Waals surface area (Å²) in [5, 5.41) is 24.0. The summed E-state index contributed by atoms with van der Waals surface area (Å²) in [6, 6.07) is 28.7. The molecule has 9 heteroatoms. The Balaban J connectivity index is 0.993. The number of phosphoric ester groups is 1. The van der Waals surface area contributed by atoms with Crippen LogP contribution >= 0.6 is 7.82 Å². The Kier molecular flexibility index (Phi) is 11.9. The van der Waals surface area contributed by atoms with E-state index < -0.39 is 19.7 Å². The van der Waals surface area contributed by atoms with Crippen molar-refractivity contribution in [1.29, 1.82) is 0 Å². The maximum atomic E-state index is 14.3. The van der Waals surface area contributed by atoms with Crippen LogP contribution in [0.5, 0.6) is 0 Å². The number of aliphatic hydroxyl groups is 2. The van der Waals surface area contributed by atoms with Gasteiger partial charge in [0.1, 0.15) is 6.61 Å². The first-order chi connectivity index (χ1) is 25.9. The van der Waals surface area contributed by atoms with Crippen molar-refractivity contribution in [2.24, 2.45) is 46.3 Å². The maximum absolute atomic E-state index is 14.3. The summed E-state index contributed by atoms with van der Waals surface area (Å²) in [6.07, 6.45) is 6.93. The average molecular weight is 759 g/mol. The van der Waals surface area contributed by atoms with E-state index in [-0.39, 0.29) is 48.3 Å². The Morgan fingerprint density at radius 3 is 1.93 bits per heavy atom. The monoisotopic (exact) mass is 758 g/mol. The second kappa shape index (κ2) is 16.3. The standard InChI is InChI=1S/C45H59O8P/c1-32(19-22-41(47)50-29-33-13-7-4-8-14-33)37-20-21-38-42-39(23-24-44(37,38)3)43(2)25-26-45(48,28-36(43)27-40(42)46)53-54(49,51-30-34-15-9-5-10-16-34)52-31-35-17-11-6-12-18-35/h4-18,32,36-40,42,46,48H,19-31H2,1-3H3/t32-,36?,37-,38+,39+,40+,42+,43+,44-,45-/m1/s1. The lowest BCUT2D eigenvalue weighted by molar-refractivity contribution is -0.240. The molecule has 2 N–H and O–H groups in total. The van der Waals surface area contributed by atoms with E-state index in [1.165, 1.54) is 0 Å². The molecule has 0 aliphatic heterocycles. The maximum Gasteiger partial charge on any atom is 0.477 e. The van der Waals surface area contributed by atoms with Gasteiger partial charge in [0.25, 0.3) is 0 Å². The fourth-order valence-corrected chi connectivity index (χ4v) is 12.7. The van der Waals surface area contributed by atoms with E-state index in [0.717, 1.165) is 48.8 Å². The lowest BCUT2D eigenvalue weighted by atomic mass is 9.43. The van der Waals surface area contributed by atoms with Gasteiger partial charge in [0, 0.05) is 19.3 Å². The number of carbonyl (C=O) groups excluding carboxylic acids is 1. The molecule has 3 aromatic carbocycles. The fourth-order valence-electron chi connectivity index (χ4n) is 11.3. The number of esters is 1. The van der Waals surface area contributed by atoms with Crippen LogP contribution in [0.3, 0.4) is 0 Å². The van der Waals surface area contributed by atoms with Crippen molar-refractivity contribution in [2.75, 3.05) is 0 Å². The molecule has 0 heterocycles. The van der Waals surface area contributed by atoms with Crippen molar-refractivity contribution in [3.05, 3.63) is 108 Å². The summed E-state index contributed by atoms with van der Waals surface area (Å²) in [5.74, 6) is -0.0450. The van der Waals surface area contributed by atoms with Gasteiger partial charge in [0.2, 0.25) is 0 Å². The zero-order valence-electron chi connectivity index (χ0n) is 32.2. The zero-order chi connectivity index (χ0) is 38.0. The molecule has 292 valence electrons. The lowest BCUT2D eigenvalue weighted by Gasteiger charge is -2.63. The van der Waals surface area contributed by atoms with Gasteiger partial charge in [0.15, 0.2) is 5.79 Å². The molecule has 7 rings (SSSR count). The summed E-state index contributed by atoms with van der Waals surface area (Å²) < 4.78 is 37.8. The number of hydrogen-bond donors (Lipinski definition) is 2. The van der Waals surface area contributed by atoms with Gasteiger partial charge in [-0.15, -0.1) is 0 Å². The Labute approximate surface area is 321 Å². The van der Waals surface area contributed by atoms with Crippen LogP contribution in [0.1, 0.15) is 102 Å². The largest absolute Gasteiger partial charge is 0.477 e. The van der Waals surface area contributed by atoms with Gasteiger partial charge in [-0.25, -0.2) is 4.57 Å². The van der Waals surface area contributed by atoms with Gasteiger partial charge in [-0.3, -0.25) is 18.4 Å².